The van der Waals surface area contributed by atoms with Crippen LogP contribution in [-0.4, -0.2) is 15.7 Å². The zero-order valence-electron chi connectivity index (χ0n) is 16.4. The average molecular weight is 467 g/mol. The fourth-order valence-electron chi connectivity index (χ4n) is 3.18. The molecule has 0 bridgehead atoms. The first-order chi connectivity index (χ1) is 14.4. The first-order valence-corrected chi connectivity index (χ1v) is 9.69. The van der Waals surface area contributed by atoms with Crippen molar-refractivity contribution in [3.05, 3.63) is 93.3 Å². The van der Waals surface area contributed by atoms with E-state index in [-0.39, 0.29) is 48.3 Å². The largest absolute Gasteiger partial charge is 1.00 e. The average Bonchev–Trinajstić information content (AvgIpc) is 3.11. The Labute approximate surface area is 209 Å². The summed E-state index contributed by atoms with van der Waals surface area (Å²) >= 11 is 11.9. The summed E-state index contributed by atoms with van der Waals surface area (Å²) < 4.78 is 21.5. The molecule has 0 unspecified atom stereocenters. The summed E-state index contributed by atoms with van der Waals surface area (Å²) in [5.41, 5.74) is 1.77. The molecule has 1 heterocycles. The number of carbonyl (C=O) groups is 1. The summed E-state index contributed by atoms with van der Waals surface area (Å²) in [5, 5.41) is 16.9. The Morgan fingerprint density at radius 3 is 2.55 bits per heavy atom. The molecule has 1 aromatic heterocycles. The maximum atomic E-state index is 14.0. The Kier molecular flexibility index (Phi) is 7.62. The number of ether oxygens (including phenoxy) is 1. The van der Waals surface area contributed by atoms with Gasteiger partial charge in [-0.15, -0.1) is 0 Å². The van der Waals surface area contributed by atoms with Gasteiger partial charge in [-0.2, -0.15) is 5.10 Å². The molecule has 3 aromatic carbocycles. The van der Waals surface area contributed by atoms with Crippen LogP contribution in [-0.2, 0) is 13.2 Å². The normalized spacial score (nSPS) is 10.7. The standard InChI is InChI=1S/C22H15Cl2FN2O3.Na/c23-15-6-7-21(30-12-13-4-5-16(24)9-19(13)25)14(8-15)11-27-20-3-1-2-17(22(28)29)18(20)10-26-27;/h1-10H,11-12H2,(H,28,29);/q;+1/p-1. The fourth-order valence-corrected chi connectivity index (χ4v) is 3.53. The van der Waals surface area contributed by atoms with Gasteiger partial charge in [0.05, 0.1) is 24.2 Å². The van der Waals surface area contributed by atoms with Crippen LogP contribution in [0.5, 0.6) is 5.75 Å². The van der Waals surface area contributed by atoms with Crippen LogP contribution in [0.15, 0.2) is 60.8 Å². The van der Waals surface area contributed by atoms with Crippen molar-refractivity contribution in [3.63, 3.8) is 0 Å². The molecule has 0 amide bonds. The minimum Gasteiger partial charge on any atom is -0.545 e. The van der Waals surface area contributed by atoms with Crippen molar-refractivity contribution < 1.29 is 48.6 Å². The molecule has 4 aromatic rings. The third kappa shape index (κ3) is 5.22. The molecule has 0 aliphatic carbocycles. The summed E-state index contributed by atoms with van der Waals surface area (Å²) in [5.74, 6) is -1.21. The minimum absolute atomic E-state index is 0. The van der Waals surface area contributed by atoms with Crippen LogP contribution in [0, 0.1) is 5.82 Å². The molecule has 5 nitrogen and oxygen atoms in total. The van der Waals surface area contributed by atoms with Gasteiger partial charge in [0.15, 0.2) is 0 Å². The molecule has 9 heteroatoms. The Morgan fingerprint density at radius 2 is 1.81 bits per heavy atom. The maximum absolute atomic E-state index is 14.0. The predicted molar refractivity (Wildman–Crippen MR) is 110 cm³/mol. The third-order valence-electron chi connectivity index (χ3n) is 4.65. The van der Waals surface area contributed by atoms with Crippen LogP contribution < -0.4 is 39.4 Å². The topological polar surface area (TPSA) is 67.2 Å². The van der Waals surface area contributed by atoms with Crippen molar-refractivity contribution in [2.45, 2.75) is 13.2 Å². The second-order valence-corrected chi connectivity index (χ2v) is 7.48. The SMILES string of the molecule is O=C([O-])c1cccc2c1cnn2Cc1cc(Cl)ccc1OCc1ccc(Cl)cc1F.[Na+]. The zero-order chi connectivity index (χ0) is 21.3. The van der Waals surface area contributed by atoms with E-state index in [1.165, 1.54) is 18.3 Å². The van der Waals surface area contributed by atoms with E-state index in [0.717, 1.165) is 0 Å². The van der Waals surface area contributed by atoms with Crippen LogP contribution in [0.3, 0.4) is 0 Å². The number of fused-ring (bicyclic) bond motifs is 1. The third-order valence-corrected chi connectivity index (χ3v) is 5.12. The number of benzene rings is 3. The number of halogens is 3. The van der Waals surface area contributed by atoms with Crippen molar-refractivity contribution in [3.8, 4) is 5.75 Å². The Balaban J connectivity index is 0.00000272. The number of hydrogen-bond acceptors (Lipinski definition) is 4. The van der Waals surface area contributed by atoms with Crippen molar-refractivity contribution in [1.29, 1.82) is 0 Å². The smallest absolute Gasteiger partial charge is 0.545 e. The van der Waals surface area contributed by atoms with Crippen LogP contribution in [0.25, 0.3) is 10.9 Å². The van der Waals surface area contributed by atoms with Crippen LogP contribution in [0.2, 0.25) is 10.0 Å². The summed E-state index contributed by atoms with van der Waals surface area (Å²) in [6.45, 7) is 0.283. The van der Waals surface area contributed by atoms with Gasteiger partial charge in [-0.25, -0.2) is 4.39 Å². The number of aromatic nitrogens is 2. The van der Waals surface area contributed by atoms with E-state index < -0.39 is 11.8 Å². The summed E-state index contributed by atoms with van der Waals surface area (Å²) in [6.07, 6.45) is 1.48. The minimum atomic E-state index is -1.27. The molecule has 31 heavy (non-hydrogen) atoms. The van der Waals surface area contributed by atoms with E-state index >= 15 is 0 Å². The first-order valence-electron chi connectivity index (χ1n) is 8.93. The predicted octanol–water partition coefficient (Wildman–Crippen LogP) is 1.48. The second kappa shape index (κ2) is 10.0. The van der Waals surface area contributed by atoms with Crippen LogP contribution >= 0.6 is 23.2 Å². The van der Waals surface area contributed by atoms with Gasteiger partial charge in [0.25, 0.3) is 0 Å². The van der Waals surface area contributed by atoms with Gasteiger partial charge in [0.2, 0.25) is 0 Å². The second-order valence-electron chi connectivity index (χ2n) is 6.60. The molecule has 0 spiro atoms. The first kappa shape index (κ1) is 23.6. The molecule has 0 saturated carbocycles. The Hall–Kier alpha value is -2.09. The fraction of sp³-hybridized carbons (Fsp3) is 0.0909. The molecule has 4 rings (SSSR count). The van der Waals surface area contributed by atoms with E-state index in [9.17, 15) is 14.3 Å². The van der Waals surface area contributed by atoms with E-state index in [1.54, 1.807) is 47.1 Å². The Bertz CT molecular complexity index is 1260. The molecule has 0 aliphatic rings. The molecule has 0 atom stereocenters. The van der Waals surface area contributed by atoms with Crippen LogP contribution in [0.4, 0.5) is 4.39 Å². The van der Waals surface area contributed by atoms with E-state index in [4.69, 9.17) is 27.9 Å². The number of hydrogen-bond donors (Lipinski definition) is 0. The van der Waals surface area contributed by atoms with E-state index in [1.807, 2.05) is 0 Å². The van der Waals surface area contributed by atoms with Gasteiger partial charge in [0.1, 0.15) is 18.2 Å². The van der Waals surface area contributed by atoms with Gasteiger partial charge in [-0.1, -0.05) is 41.4 Å². The van der Waals surface area contributed by atoms with Gasteiger partial charge >= 0.3 is 29.6 Å². The molecule has 0 radical (unpaired) electrons. The van der Waals surface area contributed by atoms with Gasteiger partial charge in [-0.3, -0.25) is 4.68 Å². The number of carboxylic acids is 1. The summed E-state index contributed by atoms with van der Waals surface area (Å²) in [6, 6.07) is 14.4. The summed E-state index contributed by atoms with van der Waals surface area (Å²) in [7, 11) is 0. The van der Waals surface area contributed by atoms with Gasteiger partial charge < -0.3 is 14.6 Å². The number of carbonyl (C=O) groups excluding carboxylic acids is 1. The van der Waals surface area contributed by atoms with Crippen molar-refractivity contribution in [2.75, 3.05) is 0 Å². The molecule has 0 N–H and O–H groups in total. The molecule has 152 valence electrons. The molecule has 0 aliphatic heterocycles. The van der Waals surface area contributed by atoms with E-state index in [0.29, 0.717) is 37.8 Å². The number of carboxylic acid groups (broad SMARTS) is 1. The van der Waals surface area contributed by atoms with Crippen molar-refractivity contribution in [1.82, 2.24) is 9.78 Å². The molecule has 0 fully saturated rings. The summed E-state index contributed by atoms with van der Waals surface area (Å²) in [4.78, 5) is 11.3. The molecule has 0 saturated heterocycles. The molecular weight excluding hydrogens is 453 g/mol. The monoisotopic (exact) mass is 466 g/mol. The Morgan fingerprint density at radius 1 is 1.06 bits per heavy atom. The number of aromatic carboxylic acids is 1. The maximum Gasteiger partial charge on any atom is 1.00 e. The van der Waals surface area contributed by atoms with Crippen LogP contribution in [0.1, 0.15) is 21.5 Å². The van der Waals surface area contributed by atoms with Gasteiger partial charge in [0, 0.05) is 32.1 Å². The van der Waals surface area contributed by atoms with Crippen molar-refractivity contribution >= 4 is 40.1 Å². The molecular formula is C22H14Cl2FN2NaO3. The number of nitrogens with zero attached hydrogens (tertiary/aromatic N) is 2. The number of rotatable bonds is 6. The quantitative estimate of drug-likeness (QED) is 0.403. The van der Waals surface area contributed by atoms with Gasteiger partial charge in [-0.05, 0) is 36.4 Å². The van der Waals surface area contributed by atoms with Crippen molar-refractivity contribution in [2.24, 2.45) is 0 Å². The van der Waals surface area contributed by atoms with E-state index in [2.05, 4.69) is 5.10 Å². The zero-order valence-corrected chi connectivity index (χ0v) is 20.0.